The van der Waals surface area contributed by atoms with Gasteiger partial charge in [-0.05, 0) is 38.1 Å². The van der Waals surface area contributed by atoms with Crippen LogP contribution in [0.1, 0.15) is 54.9 Å². The molecule has 0 saturated heterocycles. The van der Waals surface area contributed by atoms with Crippen LogP contribution in [0.15, 0.2) is 35.1 Å². The highest BCUT2D eigenvalue weighted by molar-refractivity contribution is 6.74. The number of ketones is 1. The number of hydrogen-bond acceptors (Lipinski definition) is 6. The van der Waals surface area contributed by atoms with Crippen LogP contribution in [-0.2, 0) is 23.5 Å². The Morgan fingerprint density at radius 2 is 1.83 bits per heavy atom. The molecule has 36 heavy (non-hydrogen) atoms. The minimum absolute atomic E-state index is 0.0483. The first-order chi connectivity index (χ1) is 16.6. The van der Waals surface area contributed by atoms with Crippen molar-refractivity contribution < 1.29 is 28.6 Å². The molecule has 0 radical (unpaired) electrons. The summed E-state index contributed by atoms with van der Waals surface area (Å²) in [6.07, 6.45) is 4.67. The van der Waals surface area contributed by atoms with Gasteiger partial charge in [0.1, 0.15) is 6.79 Å². The Labute approximate surface area is 217 Å². The molecule has 2 aliphatic carbocycles. The summed E-state index contributed by atoms with van der Waals surface area (Å²) < 4.78 is 18.0. The lowest BCUT2D eigenvalue weighted by Gasteiger charge is -2.40. The molecule has 7 nitrogen and oxygen atoms in total. The zero-order valence-electron chi connectivity index (χ0n) is 23.5. The van der Waals surface area contributed by atoms with E-state index in [1.165, 1.54) is 12.2 Å². The van der Waals surface area contributed by atoms with E-state index in [1.54, 1.807) is 14.0 Å². The summed E-state index contributed by atoms with van der Waals surface area (Å²) in [5, 5.41) is 15.3. The van der Waals surface area contributed by atoms with Crippen molar-refractivity contribution in [2.75, 3.05) is 13.9 Å². The second-order valence-electron chi connectivity index (χ2n) is 12.1. The number of hydrogen-bond donors (Lipinski definition) is 2. The van der Waals surface area contributed by atoms with Gasteiger partial charge < -0.3 is 24.3 Å². The SMILES string of the molecule is CC[C+]1C=C(C)[C@@H]2[C@@H](C)[C@H](O[Si](C)(C)C(C)(C)C)C3=CC(=O)C=C(NC(=O)[C@H](C)[C@H]1OCOC)[C@]32O. The van der Waals surface area contributed by atoms with Crippen LogP contribution in [-0.4, -0.2) is 56.8 Å². The van der Waals surface area contributed by atoms with E-state index in [-0.39, 0.29) is 35.1 Å². The number of methoxy groups -OCH3 is 1. The van der Waals surface area contributed by atoms with Crippen molar-refractivity contribution in [1.29, 1.82) is 0 Å². The predicted molar refractivity (Wildman–Crippen MR) is 142 cm³/mol. The van der Waals surface area contributed by atoms with Crippen LogP contribution < -0.4 is 5.32 Å². The van der Waals surface area contributed by atoms with Crippen LogP contribution in [0, 0.1) is 23.7 Å². The summed E-state index contributed by atoms with van der Waals surface area (Å²) >= 11 is 0. The third-order valence-corrected chi connectivity index (χ3v) is 13.0. The molecule has 200 valence electrons. The number of aliphatic hydroxyl groups is 1. The summed E-state index contributed by atoms with van der Waals surface area (Å²) in [6.45, 7) is 18.8. The number of rotatable bonds is 6. The molecule has 3 rings (SSSR count). The zero-order chi connectivity index (χ0) is 27.2. The van der Waals surface area contributed by atoms with Gasteiger partial charge in [-0.3, -0.25) is 9.59 Å². The van der Waals surface area contributed by atoms with Gasteiger partial charge in [0.05, 0.1) is 41.2 Å². The van der Waals surface area contributed by atoms with Gasteiger partial charge in [-0.25, -0.2) is 0 Å². The molecule has 0 bridgehead atoms. The molecule has 0 aromatic heterocycles. The first kappa shape index (κ1) is 28.9. The number of allylic oxidation sites excluding steroid dienone is 2. The lowest BCUT2D eigenvalue weighted by atomic mass is 9.73. The van der Waals surface area contributed by atoms with Crippen molar-refractivity contribution >= 4 is 20.0 Å². The molecule has 6 atom stereocenters. The summed E-state index contributed by atoms with van der Waals surface area (Å²) in [7, 11) is -0.705. The van der Waals surface area contributed by atoms with Crippen molar-refractivity contribution in [2.24, 2.45) is 17.8 Å². The van der Waals surface area contributed by atoms with Crippen LogP contribution in [0.5, 0.6) is 0 Å². The second-order valence-corrected chi connectivity index (χ2v) is 16.8. The quantitative estimate of drug-likeness (QED) is 0.306. The third kappa shape index (κ3) is 4.90. The van der Waals surface area contributed by atoms with Gasteiger partial charge >= 0.3 is 0 Å². The Hall–Kier alpha value is -1.71. The van der Waals surface area contributed by atoms with E-state index in [1.807, 2.05) is 13.8 Å². The third-order valence-electron chi connectivity index (χ3n) is 8.59. The molecule has 1 heterocycles. The van der Waals surface area contributed by atoms with E-state index in [2.05, 4.69) is 52.2 Å². The van der Waals surface area contributed by atoms with Gasteiger partial charge in [-0.15, -0.1) is 0 Å². The van der Waals surface area contributed by atoms with Crippen molar-refractivity contribution in [1.82, 2.24) is 5.32 Å². The molecule has 0 spiro atoms. The zero-order valence-corrected chi connectivity index (χ0v) is 24.5. The molecule has 1 aliphatic heterocycles. The Kier molecular flexibility index (Phi) is 8.19. The van der Waals surface area contributed by atoms with Crippen LogP contribution in [0.25, 0.3) is 0 Å². The predicted octanol–water partition coefficient (Wildman–Crippen LogP) is 4.45. The fraction of sp³-hybridized carbons (Fsp3) is 0.679. The van der Waals surface area contributed by atoms with Crippen LogP contribution in [0.4, 0.5) is 0 Å². The van der Waals surface area contributed by atoms with E-state index in [0.29, 0.717) is 12.0 Å². The fourth-order valence-electron chi connectivity index (χ4n) is 5.60. The highest BCUT2D eigenvalue weighted by Crippen LogP contribution is 2.55. The normalized spacial score (nSPS) is 33.5. The summed E-state index contributed by atoms with van der Waals surface area (Å²) in [4.78, 5) is 26.3. The average molecular weight is 519 g/mol. The van der Waals surface area contributed by atoms with Crippen LogP contribution in [0.3, 0.4) is 0 Å². The van der Waals surface area contributed by atoms with E-state index < -0.39 is 38.0 Å². The lowest BCUT2D eigenvalue weighted by Crippen LogP contribution is -2.51. The van der Waals surface area contributed by atoms with Gasteiger partial charge in [-0.2, -0.15) is 0 Å². The first-order valence-corrected chi connectivity index (χ1v) is 15.8. The van der Waals surface area contributed by atoms with E-state index in [9.17, 15) is 14.7 Å². The molecular weight excluding hydrogens is 474 g/mol. The van der Waals surface area contributed by atoms with Gasteiger partial charge in [0, 0.05) is 38.0 Å². The number of ether oxygens (including phenoxy) is 2. The maximum atomic E-state index is 13.4. The molecular formula is C28H44NO6Si+. The molecule has 0 aromatic rings. The Morgan fingerprint density at radius 3 is 2.39 bits per heavy atom. The highest BCUT2D eigenvalue weighted by Gasteiger charge is 2.63. The standard InChI is InChI=1S/C28H43NO6Si/c1-11-19-12-16(2)23-17(3)25(35-36(9,10)27(5,6)7)21-13-20(30)14-22(28(21,23)32)29-26(31)18(4)24(19)34-15-33-8/h12-14,17-18,23-25,32H,11,15H2,1-10H3/p+1/t17-,18-,23-,24-,25+,28-/m1/s1. The second kappa shape index (κ2) is 10.2. The van der Waals surface area contributed by atoms with Crippen molar-refractivity contribution in [3.63, 3.8) is 0 Å². The molecule has 2 N–H and O–H groups in total. The van der Waals surface area contributed by atoms with Crippen molar-refractivity contribution in [3.8, 4) is 0 Å². The molecule has 1 saturated carbocycles. The monoisotopic (exact) mass is 518 g/mol. The topological polar surface area (TPSA) is 94.1 Å². The van der Waals surface area contributed by atoms with E-state index in [0.717, 1.165) is 11.5 Å². The average Bonchev–Trinajstić information content (AvgIpc) is 2.98. The molecule has 1 amide bonds. The maximum absolute atomic E-state index is 13.4. The molecule has 3 aliphatic rings. The summed E-state index contributed by atoms with van der Waals surface area (Å²) in [5.74, 6) is -0.711. The largest absolute Gasteiger partial charge is 0.410 e. The number of carbonyl (C=O) groups excluding carboxylic acids is 2. The molecule has 0 aromatic carbocycles. The van der Waals surface area contributed by atoms with Gasteiger partial charge in [0.2, 0.25) is 5.91 Å². The molecule has 1 fully saturated rings. The Balaban J connectivity index is 2.19. The van der Waals surface area contributed by atoms with Crippen LogP contribution >= 0.6 is 0 Å². The smallest absolute Gasteiger partial charge is 0.231 e. The van der Waals surface area contributed by atoms with Crippen molar-refractivity contribution in [3.05, 3.63) is 41.0 Å². The Bertz CT molecular complexity index is 977. The first-order valence-electron chi connectivity index (χ1n) is 12.9. The minimum Gasteiger partial charge on any atom is -0.410 e. The van der Waals surface area contributed by atoms with E-state index in [4.69, 9.17) is 13.9 Å². The van der Waals surface area contributed by atoms with E-state index >= 15 is 0 Å². The summed E-state index contributed by atoms with van der Waals surface area (Å²) in [6, 6.07) is 0. The maximum Gasteiger partial charge on any atom is 0.231 e. The molecule has 0 unspecified atom stereocenters. The van der Waals surface area contributed by atoms with Gasteiger partial charge in [-0.1, -0.05) is 27.7 Å². The number of carbonyl (C=O) groups is 2. The van der Waals surface area contributed by atoms with Crippen molar-refractivity contribution in [2.45, 2.75) is 90.8 Å². The molecule has 8 heteroatoms. The van der Waals surface area contributed by atoms with Crippen LogP contribution in [0.2, 0.25) is 18.1 Å². The lowest BCUT2D eigenvalue weighted by molar-refractivity contribution is -0.134. The van der Waals surface area contributed by atoms with Gasteiger partial charge in [0.15, 0.2) is 25.8 Å². The number of nitrogens with one attached hydrogen (secondary N) is 1. The Morgan fingerprint density at radius 1 is 1.19 bits per heavy atom. The fourth-order valence-corrected chi connectivity index (χ4v) is 6.93. The minimum atomic E-state index is -2.25. The summed E-state index contributed by atoms with van der Waals surface area (Å²) in [5.41, 5.74) is 0.177. The van der Waals surface area contributed by atoms with Gasteiger partial charge in [0.25, 0.3) is 0 Å². The highest BCUT2D eigenvalue weighted by atomic mass is 28.4. The number of amides is 1.